The lowest BCUT2D eigenvalue weighted by molar-refractivity contribution is 0.154. The third-order valence-electron chi connectivity index (χ3n) is 2.37. The number of hydrogen-bond donors (Lipinski definition) is 1. The molecule has 2 aromatic rings. The van der Waals surface area contributed by atoms with Gasteiger partial charge in [0.05, 0.1) is 0 Å². The highest BCUT2D eigenvalue weighted by Crippen LogP contribution is 2.14. The molecule has 0 atom stereocenters. The molecular formula is C11H11N5O2. The number of rotatable bonds is 3. The number of carboxylic acid groups (broad SMARTS) is 1. The summed E-state index contributed by atoms with van der Waals surface area (Å²) in [5, 5.41) is 23.7. The lowest BCUT2D eigenvalue weighted by Crippen LogP contribution is -2.23. The first kappa shape index (κ1) is 11.9. The molecule has 0 aliphatic heterocycles. The summed E-state index contributed by atoms with van der Waals surface area (Å²) < 4.78 is 0. The zero-order valence-corrected chi connectivity index (χ0v) is 9.69. The smallest absolute Gasteiger partial charge is 0.407 e. The average molecular weight is 245 g/mol. The molecule has 0 radical (unpaired) electrons. The van der Waals surface area contributed by atoms with E-state index in [0.717, 1.165) is 11.1 Å². The van der Waals surface area contributed by atoms with Gasteiger partial charge in [0.1, 0.15) is 0 Å². The Balaban J connectivity index is 2.13. The van der Waals surface area contributed by atoms with Crippen molar-refractivity contribution in [1.29, 1.82) is 0 Å². The number of benzene rings is 1. The van der Waals surface area contributed by atoms with Gasteiger partial charge in [-0.2, -0.15) is 0 Å². The third-order valence-corrected chi connectivity index (χ3v) is 2.37. The summed E-state index contributed by atoms with van der Waals surface area (Å²) in [6.07, 6.45) is 0.304. The fraction of sp³-hybridized carbons (Fsp3) is 0.182. The van der Waals surface area contributed by atoms with Crippen LogP contribution in [0.15, 0.2) is 30.6 Å². The van der Waals surface area contributed by atoms with Crippen LogP contribution < -0.4 is 0 Å². The zero-order chi connectivity index (χ0) is 13.0. The van der Waals surface area contributed by atoms with E-state index in [1.54, 1.807) is 0 Å². The second-order valence-corrected chi connectivity index (χ2v) is 3.71. The lowest BCUT2D eigenvalue weighted by atomic mass is 10.1. The number of nitrogens with zero attached hydrogens (tertiary/aromatic N) is 5. The Morgan fingerprint density at radius 3 is 2.39 bits per heavy atom. The van der Waals surface area contributed by atoms with Crippen LogP contribution in [-0.4, -0.2) is 43.5 Å². The van der Waals surface area contributed by atoms with E-state index in [9.17, 15) is 4.79 Å². The summed E-state index contributed by atoms with van der Waals surface area (Å²) in [5.41, 5.74) is 1.68. The van der Waals surface area contributed by atoms with Gasteiger partial charge < -0.3 is 10.0 Å². The molecule has 18 heavy (non-hydrogen) atoms. The molecule has 7 heteroatoms. The van der Waals surface area contributed by atoms with Gasteiger partial charge in [0.25, 0.3) is 0 Å². The van der Waals surface area contributed by atoms with E-state index in [-0.39, 0.29) is 0 Å². The van der Waals surface area contributed by atoms with Crippen molar-refractivity contribution >= 4 is 6.09 Å². The minimum atomic E-state index is -0.959. The first-order valence-electron chi connectivity index (χ1n) is 5.20. The van der Waals surface area contributed by atoms with E-state index >= 15 is 0 Å². The molecule has 2 rings (SSSR count). The van der Waals surface area contributed by atoms with Crippen LogP contribution in [0.4, 0.5) is 4.79 Å². The van der Waals surface area contributed by atoms with Gasteiger partial charge in [0.2, 0.25) is 5.82 Å². The maximum Gasteiger partial charge on any atom is 0.407 e. The molecule has 1 amide bonds. The molecule has 0 spiro atoms. The molecule has 1 N–H and O–H groups in total. The molecule has 0 unspecified atom stereocenters. The maximum absolute atomic E-state index is 10.7. The van der Waals surface area contributed by atoms with Crippen LogP contribution in [0.5, 0.6) is 0 Å². The van der Waals surface area contributed by atoms with E-state index in [4.69, 9.17) is 5.11 Å². The second kappa shape index (κ2) is 5.17. The summed E-state index contributed by atoms with van der Waals surface area (Å²) in [4.78, 5) is 11.9. The molecule has 0 aliphatic rings. The largest absolute Gasteiger partial charge is 0.465 e. The highest BCUT2D eigenvalue weighted by molar-refractivity contribution is 5.64. The number of carbonyl (C=O) groups is 1. The van der Waals surface area contributed by atoms with Crippen LogP contribution >= 0.6 is 0 Å². The molecule has 1 heterocycles. The topological polar surface area (TPSA) is 92.1 Å². The van der Waals surface area contributed by atoms with E-state index in [0.29, 0.717) is 12.4 Å². The number of amides is 1. The van der Waals surface area contributed by atoms with Crippen LogP contribution in [0.1, 0.15) is 5.56 Å². The molecule has 0 saturated carbocycles. The molecule has 92 valence electrons. The van der Waals surface area contributed by atoms with Crippen molar-refractivity contribution < 1.29 is 9.90 Å². The molecule has 0 saturated heterocycles. The van der Waals surface area contributed by atoms with Crippen LogP contribution in [0.2, 0.25) is 0 Å². The predicted octanol–water partition coefficient (Wildman–Crippen LogP) is 1.04. The van der Waals surface area contributed by atoms with E-state index < -0.39 is 6.09 Å². The second-order valence-electron chi connectivity index (χ2n) is 3.71. The van der Waals surface area contributed by atoms with Crippen LogP contribution in [-0.2, 0) is 6.54 Å². The summed E-state index contributed by atoms with van der Waals surface area (Å²) in [6, 6.07) is 7.27. The van der Waals surface area contributed by atoms with Gasteiger partial charge in [0.15, 0.2) is 6.33 Å². The predicted molar refractivity (Wildman–Crippen MR) is 62.5 cm³/mol. The Hall–Kier alpha value is -2.57. The summed E-state index contributed by atoms with van der Waals surface area (Å²) in [5.74, 6) is 0.440. The van der Waals surface area contributed by atoms with Gasteiger partial charge in [-0.1, -0.05) is 24.3 Å². The zero-order valence-electron chi connectivity index (χ0n) is 9.69. The van der Waals surface area contributed by atoms with Gasteiger partial charge in [-0.25, -0.2) is 4.79 Å². The molecule has 1 aromatic carbocycles. The van der Waals surface area contributed by atoms with E-state index in [1.165, 1.54) is 18.3 Å². The van der Waals surface area contributed by atoms with Gasteiger partial charge in [-0.3, -0.25) is 0 Å². The van der Waals surface area contributed by atoms with Crippen molar-refractivity contribution in [2.24, 2.45) is 0 Å². The van der Waals surface area contributed by atoms with E-state index in [2.05, 4.69) is 20.4 Å². The lowest BCUT2D eigenvalue weighted by Gasteiger charge is -2.12. The minimum Gasteiger partial charge on any atom is -0.465 e. The molecule has 0 fully saturated rings. The Morgan fingerprint density at radius 2 is 1.83 bits per heavy atom. The number of hydrogen-bond acceptors (Lipinski definition) is 5. The fourth-order valence-electron chi connectivity index (χ4n) is 1.42. The van der Waals surface area contributed by atoms with Crippen LogP contribution in [0, 0.1) is 0 Å². The first-order chi connectivity index (χ1) is 8.66. The summed E-state index contributed by atoms with van der Waals surface area (Å²) in [7, 11) is 1.52. The van der Waals surface area contributed by atoms with Crippen LogP contribution in [0.3, 0.4) is 0 Å². The fourth-order valence-corrected chi connectivity index (χ4v) is 1.42. The normalized spacial score (nSPS) is 10.1. The highest BCUT2D eigenvalue weighted by Gasteiger charge is 2.07. The van der Waals surface area contributed by atoms with Crippen molar-refractivity contribution in [3.8, 4) is 11.4 Å². The van der Waals surface area contributed by atoms with E-state index in [1.807, 2.05) is 24.3 Å². The first-order valence-corrected chi connectivity index (χ1v) is 5.20. The standard InChI is InChI=1S/C11H11N5O2/c1-16(11(17)18)6-8-2-4-9(5-3-8)10-14-12-7-13-15-10/h2-5,7H,6H2,1H3,(H,17,18). The Bertz CT molecular complexity index is 529. The molecule has 0 bridgehead atoms. The van der Waals surface area contributed by atoms with Crippen molar-refractivity contribution in [3.63, 3.8) is 0 Å². The molecule has 0 aliphatic carbocycles. The van der Waals surface area contributed by atoms with Gasteiger partial charge >= 0.3 is 6.09 Å². The Morgan fingerprint density at radius 1 is 1.22 bits per heavy atom. The van der Waals surface area contributed by atoms with Crippen molar-refractivity contribution in [2.75, 3.05) is 7.05 Å². The SMILES string of the molecule is CN(Cc1ccc(-c2nncnn2)cc1)C(=O)O. The highest BCUT2D eigenvalue weighted by atomic mass is 16.4. The monoisotopic (exact) mass is 245 g/mol. The van der Waals surface area contributed by atoms with Crippen molar-refractivity contribution in [1.82, 2.24) is 25.3 Å². The minimum absolute atomic E-state index is 0.335. The van der Waals surface area contributed by atoms with Crippen molar-refractivity contribution in [3.05, 3.63) is 36.2 Å². The molecule has 1 aromatic heterocycles. The van der Waals surface area contributed by atoms with Gasteiger partial charge in [-0.15, -0.1) is 20.4 Å². The number of aromatic nitrogens is 4. The van der Waals surface area contributed by atoms with Crippen LogP contribution in [0.25, 0.3) is 11.4 Å². The molecular weight excluding hydrogens is 234 g/mol. The quantitative estimate of drug-likeness (QED) is 0.868. The Labute approximate surface area is 103 Å². The van der Waals surface area contributed by atoms with Gasteiger partial charge in [0, 0.05) is 19.2 Å². The van der Waals surface area contributed by atoms with Crippen molar-refractivity contribution in [2.45, 2.75) is 6.54 Å². The average Bonchev–Trinajstić information content (AvgIpc) is 2.40. The third kappa shape index (κ3) is 2.76. The summed E-state index contributed by atoms with van der Waals surface area (Å²) >= 11 is 0. The summed E-state index contributed by atoms with van der Waals surface area (Å²) in [6.45, 7) is 0.335. The Kier molecular flexibility index (Phi) is 3.42. The van der Waals surface area contributed by atoms with Gasteiger partial charge in [-0.05, 0) is 5.56 Å². The maximum atomic E-state index is 10.7. The molecule has 7 nitrogen and oxygen atoms in total.